The zero-order valence-electron chi connectivity index (χ0n) is 23.7. The lowest BCUT2D eigenvalue weighted by atomic mass is 9.95. The van der Waals surface area contributed by atoms with Crippen LogP contribution in [0.5, 0.6) is 5.75 Å². The molecule has 1 aliphatic heterocycles. The Morgan fingerprint density at radius 3 is 2.71 bits per heavy atom. The fourth-order valence-electron chi connectivity index (χ4n) is 4.94. The van der Waals surface area contributed by atoms with Crippen molar-refractivity contribution < 1.29 is 36.0 Å². The lowest BCUT2D eigenvalue weighted by Gasteiger charge is -2.30. The van der Waals surface area contributed by atoms with Crippen molar-refractivity contribution in [3.63, 3.8) is 0 Å². The molecule has 1 aromatic carbocycles. The third-order valence-corrected chi connectivity index (χ3v) is 6.97. The van der Waals surface area contributed by atoms with Crippen LogP contribution in [0.15, 0.2) is 34.9 Å². The molecule has 12 heteroatoms. The zero-order chi connectivity index (χ0) is 29.7. The maximum Gasteiger partial charge on any atom is 0.433 e. The largest absolute Gasteiger partial charge is 0.496 e. The van der Waals surface area contributed by atoms with Gasteiger partial charge in [-0.3, -0.25) is 14.3 Å². The molecule has 0 radical (unpaired) electrons. The molecule has 0 spiro atoms. The topological polar surface area (TPSA) is 102 Å². The van der Waals surface area contributed by atoms with Crippen molar-refractivity contribution in [2.75, 3.05) is 13.6 Å². The Labute approximate surface area is 221 Å². The van der Waals surface area contributed by atoms with E-state index < -0.39 is 49.4 Å². The highest BCUT2D eigenvalue weighted by molar-refractivity contribution is 5.90. The van der Waals surface area contributed by atoms with Crippen LogP contribution in [-0.2, 0) is 17.5 Å². The minimum Gasteiger partial charge on any atom is -0.496 e. The number of rotatable bonds is 7. The van der Waals surface area contributed by atoms with E-state index in [0.717, 1.165) is 18.9 Å². The summed E-state index contributed by atoms with van der Waals surface area (Å²) in [5.41, 5.74) is 0.184. The van der Waals surface area contributed by atoms with Gasteiger partial charge in [-0.25, -0.2) is 4.98 Å². The van der Waals surface area contributed by atoms with Crippen LogP contribution < -0.4 is 10.1 Å². The number of nitrogens with zero attached hydrogens (tertiary/aromatic N) is 4. The van der Waals surface area contributed by atoms with Gasteiger partial charge < -0.3 is 19.4 Å². The molecule has 3 heterocycles. The minimum atomic E-state index is -4.70. The Balaban J connectivity index is 1.48. The molecular weight excluding hydrogens is 503 g/mol. The lowest BCUT2D eigenvalue weighted by Crippen LogP contribution is -2.42. The minimum absolute atomic E-state index is 0.0472. The second kappa shape index (κ2) is 9.80. The first-order chi connectivity index (χ1) is 19.2. The average molecular weight is 535 g/mol. The normalized spacial score (nSPS) is 21.1. The average Bonchev–Trinajstić information content (AvgIpc) is 3.26. The van der Waals surface area contributed by atoms with Gasteiger partial charge in [-0.15, -0.1) is 0 Å². The summed E-state index contributed by atoms with van der Waals surface area (Å²) in [4.78, 5) is 31.9. The summed E-state index contributed by atoms with van der Waals surface area (Å²) in [5.74, 6) is -1.02. The predicted octanol–water partition coefficient (Wildman–Crippen LogP) is 4.16. The Kier molecular flexibility index (Phi) is 5.72. The van der Waals surface area contributed by atoms with Crippen molar-refractivity contribution >= 4 is 11.8 Å². The van der Waals surface area contributed by atoms with E-state index in [0.29, 0.717) is 27.3 Å². The van der Waals surface area contributed by atoms with E-state index in [2.05, 4.69) is 15.4 Å². The van der Waals surface area contributed by atoms with Gasteiger partial charge in [0.1, 0.15) is 23.7 Å². The van der Waals surface area contributed by atoms with Crippen LogP contribution in [0.3, 0.4) is 0 Å². The van der Waals surface area contributed by atoms with Gasteiger partial charge in [-0.05, 0) is 56.4 Å². The number of aromatic nitrogens is 3. The van der Waals surface area contributed by atoms with Crippen LogP contribution in [0.4, 0.5) is 13.2 Å². The Morgan fingerprint density at radius 2 is 2.05 bits per heavy atom. The molecule has 1 aliphatic carbocycles. The number of likely N-dealkylation sites (tertiary alicyclic amines) is 1. The highest BCUT2D eigenvalue weighted by Gasteiger charge is 2.43. The third-order valence-electron chi connectivity index (χ3n) is 6.97. The monoisotopic (exact) mass is 534 g/mol. The molecule has 5 rings (SSSR count). The smallest absolute Gasteiger partial charge is 0.433 e. The summed E-state index contributed by atoms with van der Waals surface area (Å²) in [6, 6.07) is 4.13. The number of ether oxygens (including phenoxy) is 1. The molecule has 2 fully saturated rings. The van der Waals surface area contributed by atoms with Gasteiger partial charge >= 0.3 is 12.1 Å². The number of aryl methyl sites for hydroxylation is 1. The second-order valence-electron chi connectivity index (χ2n) is 9.63. The number of carbonyl (C=O) groups excluding carboxylic acids is 2. The number of amides is 2. The van der Waals surface area contributed by atoms with E-state index in [9.17, 15) is 22.8 Å². The molecule has 3 aromatic rings. The molecule has 2 amide bonds. The number of oxazole rings is 1. The quantitative estimate of drug-likeness (QED) is 0.488. The van der Waals surface area contributed by atoms with E-state index >= 15 is 0 Å². The highest BCUT2D eigenvalue weighted by Crippen LogP contribution is 2.42. The molecule has 0 bridgehead atoms. The van der Waals surface area contributed by atoms with Crippen molar-refractivity contribution in [3.8, 4) is 5.75 Å². The van der Waals surface area contributed by atoms with Crippen molar-refractivity contribution in [1.29, 1.82) is 0 Å². The zero-order valence-corrected chi connectivity index (χ0v) is 20.7. The van der Waals surface area contributed by atoms with Gasteiger partial charge in [0.15, 0.2) is 0 Å². The first-order valence-corrected chi connectivity index (χ1v) is 12.2. The van der Waals surface area contributed by atoms with E-state index in [1.807, 2.05) is 0 Å². The summed E-state index contributed by atoms with van der Waals surface area (Å²) >= 11 is 0. The number of alkyl halides is 3. The van der Waals surface area contributed by atoms with Crippen LogP contribution >= 0.6 is 0 Å². The van der Waals surface area contributed by atoms with E-state index in [-0.39, 0.29) is 30.5 Å². The van der Waals surface area contributed by atoms with Crippen LogP contribution in [0.1, 0.15) is 74.3 Å². The van der Waals surface area contributed by atoms with Gasteiger partial charge in [0.25, 0.3) is 5.89 Å². The predicted molar refractivity (Wildman–Crippen MR) is 129 cm³/mol. The summed E-state index contributed by atoms with van der Waals surface area (Å²) in [5, 5.41) is 6.93. The fourth-order valence-corrected chi connectivity index (χ4v) is 4.94. The Hall–Kier alpha value is -3.83. The Bertz CT molecular complexity index is 1470. The van der Waals surface area contributed by atoms with Crippen LogP contribution in [0, 0.1) is 13.8 Å². The number of hydrogen-bond donors (Lipinski definition) is 1. The fraction of sp³-hybridized carbons (Fsp3) is 0.462. The van der Waals surface area contributed by atoms with E-state index in [1.54, 1.807) is 26.0 Å². The third kappa shape index (κ3) is 4.99. The molecule has 1 N–H and O–H groups in total. The molecular formula is C26H28F3N5O4. The molecule has 202 valence electrons. The number of nitrogens with one attached hydrogen (secondary N) is 1. The summed E-state index contributed by atoms with van der Waals surface area (Å²) in [6.07, 6.45) is -1.56. The SMILES string of the molecule is [2H]C([2H])([2H])Oc1cccc([C@@H]2[C@H](NC(=O)c3ncc(C)o3)CCN2C(=O)Cn2nc(C3CC3)cc2C(F)(F)F)c1C. The standard InChI is InChI=1S/C26H28F3N5O4/c1-14-12-30-25(38-14)24(36)31-18-9-10-33(23(18)17-5-4-6-20(37-3)15(17)2)22(35)13-34-21(26(27,28)29)11-19(32-34)16-7-8-16/h4-6,11-12,16,18,23H,7-10,13H2,1-3H3,(H,31,36)/t18-,23-/m1/s1/i3D3. The Morgan fingerprint density at radius 1 is 1.26 bits per heavy atom. The van der Waals surface area contributed by atoms with Gasteiger partial charge in [0, 0.05) is 12.5 Å². The first-order valence-electron chi connectivity index (χ1n) is 13.7. The molecule has 38 heavy (non-hydrogen) atoms. The number of halogens is 3. The van der Waals surface area contributed by atoms with Crippen LogP contribution in [-0.4, -0.2) is 51.1 Å². The van der Waals surface area contributed by atoms with Crippen molar-refractivity contribution in [2.24, 2.45) is 0 Å². The number of methoxy groups -OCH3 is 1. The van der Waals surface area contributed by atoms with Gasteiger partial charge in [-0.2, -0.15) is 18.3 Å². The second-order valence-corrected chi connectivity index (χ2v) is 9.63. The lowest BCUT2D eigenvalue weighted by molar-refractivity contribution is -0.146. The maximum atomic E-state index is 13.8. The number of benzene rings is 1. The molecule has 1 saturated heterocycles. The maximum absolute atomic E-state index is 13.8. The number of hydrogen-bond acceptors (Lipinski definition) is 6. The van der Waals surface area contributed by atoms with Crippen molar-refractivity contribution in [2.45, 2.75) is 63.8 Å². The first kappa shape index (κ1) is 22.2. The van der Waals surface area contributed by atoms with Crippen molar-refractivity contribution in [3.05, 3.63) is 64.6 Å². The molecule has 9 nitrogen and oxygen atoms in total. The van der Waals surface area contributed by atoms with E-state index in [4.69, 9.17) is 13.3 Å². The molecule has 2 aliphatic rings. The molecule has 0 unspecified atom stereocenters. The molecule has 1 saturated carbocycles. The highest BCUT2D eigenvalue weighted by atomic mass is 19.4. The summed E-state index contributed by atoms with van der Waals surface area (Å²) in [6.45, 7) is 2.69. The van der Waals surface area contributed by atoms with Gasteiger partial charge in [0.05, 0.1) is 35.1 Å². The molecule has 2 aromatic heterocycles. The number of carbonyl (C=O) groups is 2. The van der Waals surface area contributed by atoms with Crippen LogP contribution in [0.2, 0.25) is 0 Å². The van der Waals surface area contributed by atoms with E-state index in [1.165, 1.54) is 17.2 Å². The van der Waals surface area contributed by atoms with Crippen LogP contribution in [0.25, 0.3) is 0 Å². The van der Waals surface area contributed by atoms with Gasteiger partial charge in [-0.1, -0.05) is 12.1 Å². The summed E-state index contributed by atoms with van der Waals surface area (Å²) < 4.78 is 75.0. The van der Waals surface area contributed by atoms with Gasteiger partial charge in [0.2, 0.25) is 5.91 Å². The summed E-state index contributed by atoms with van der Waals surface area (Å²) in [7, 11) is -2.74. The van der Waals surface area contributed by atoms with Crippen molar-refractivity contribution in [1.82, 2.24) is 25.0 Å². The molecule has 2 atom stereocenters.